The number of para-hydroxylation sites is 1. The van der Waals surface area contributed by atoms with Crippen molar-refractivity contribution in [2.75, 3.05) is 7.11 Å². The second kappa shape index (κ2) is 10.7. The molecule has 0 atom stereocenters. The maximum atomic E-state index is 12.8. The van der Waals surface area contributed by atoms with E-state index in [9.17, 15) is 14.4 Å². The Hall–Kier alpha value is -4.63. The number of ether oxygens (including phenoxy) is 3. The van der Waals surface area contributed by atoms with Gasteiger partial charge in [-0.1, -0.05) is 29.8 Å². The highest BCUT2D eigenvalue weighted by molar-refractivity contribution is 6.30. The Bertz CT molecular complexity index is 1490. The van der Waals surface area contributed by atoms with Gasteiger partial charge in [0.1, 0.15) is 11.3 Å². The summed E-state index contributed by atoms with van der Waals surface area (Å²) >= 11 is 5.96. The molecule has 36 heavy (non-hydrogen) atoms. The van der Waals surface area contributed by atoms with E-state index in [2.05, 4.69) is 15.5 Å². The number of hydrogen-bond acceptors (Lipinski definition) is 7. The number of esters is 2. The van der Waals surface area contributed by atoms with Crippen molar-refractivity contribution >= 4 is 46.6 Å². The van der Waals surface area contributed by atoms with Crippen LogP contribution in [-0.4, -0.2) is 36.2 Å². The van der Waals surface area contributed by atoms with Gasteiger partial charge in [-0.3, -0.25) is 9.59 Å². The molecule has 1 heterocycles. The molecule has 0 aliphatic rings. The third-order valence-corrected chi connectivity index (χ3v) is 5.26. The number of aromatic nitrogens is 1. The molecule has 0 aliphatic carbocycles. The molecular formula is C26H20ClN3O6. The molecule has 0 saturated carbocycles. The van der Waals surface area contributed by atoms with Crippen LogP contribution in [0.3, 0.4) is 0 Å². The number of carbonyl (C=O) groups excluding carboxylic acids is 3. The second-order valence-corrected chi connectivity index (χ2v) is 7.92. The summed E-state index contributed by atoms with van der Waals surface area (Å²) in [7, 11) is 1.43. The summed E-state index contributed by atoms with van der Waals surface area (Å²) in [6.45, 7) is 1.21. The maximum Gasteiger partial charge on any atom is 0.347 e. The smallest absolute Gasteiger partial charge is 0.347 e. The first-order chi connectivity index (χ1) is 17.4. The van der Waals surface area contributed by atoms with E-state index in [4.69, 9.17) is 25.8 Å². The Morgan fingerprint density at radius 2 is 1.75 bits per heavy atom. The predicted molar refractivity (Wildman–Crippen MR) is 134 cm³/mol. The lowest BCUT2D eigenvalue weighted by molar-refractivity contribution is -0.131. The molecule has 0 radical (unpaired) electrons. The number of aromatic amines is 1. The fourth-order valence-electron chi connectivity index (χ4n) is 3.40. The fourth-order valence-corrected chi connectivity index (χ4v) is 3.56. The van der Waals surface area contributed by atoms with Crippen molar-refractivity contribution in [3.63, 3.8) is 0 Å². The van der Waals surface area contributed by atoms with Crippen LogP contribution in [0.15, 0.2) is 72.0 Å². The minimum Gasteiger partial charge on any atom is -0.493 e. The van der Waals surface area contributed by atoms with E-state index in [1.807, 2.05) is 24.3 Å². The van der Waals surface area contributed by atoms with Crippen LogP contribution in [0.25, 0.3) is 10.9 Å². The molecule has 4 rings (SSSR count). The molecule has 1 amide bonds. The number of hydrazone groups is 1. The van der Waals surface area contributed by atoms with Gasteiger partial charge in [0.15, 0.2) is 11.5 Å². The Kier molecular flexibility index (Phi) is 7.31. The number of amides is 1. The monoisotopic (exact) mass is 505 g/mol. The van der Waals surface area contributed by atoms with Gasteiger partial charge in [0.25, 0.3) is 5.91 Å². The average molecular weight is 506 g/mol. The van der Waals surface area contributed by atoms with E-state index in [1.54, 1.807) is 18.3 Å². The van der Waals surface area contributed by atoms with E-state index in [1.165, 1.54) is 44.5 Å². The molecular weight excluding hydrogens is 486 g/mol. The summed E-state index contributed by atoms with van der Waals surface area (Å²) in [5.74, 6) is -1.44. The Morgan fingerprint density at radius 3 is 2.53 bits per heavy atom. The third-order valence-electron chi connectivity index (χ3n) is 5.02. The van der Waals surface area contributed by atoms with Gasteiger partial charge in [-0.15, -0.1) is 0 Å². The number of nitrogens with zero attached hydrogens (tertiary/aromatic N) is 1. The van der Waals surface area contributed by atoms with Crippen LogP contribution in [0, 0.1) is 0 Å². The van der Waals surface area contributed by atoms with Crippen molar-refractivity contribution in [2.24, 2.45) is 5.10 Å². The predicted octanol–water partition coefficient (Wildman–Crippen LogP) is 4.74. The number of methoxy groups -OCH3 is 1. The average Bonchev–Trinajstić information content (AvgIpc) is 3.28. The molecule has 4 aromatic rings. The van der Waals surface area contributed by atoms with Crippen molar-refractivity contribution in [1.82, 2.24) is 10.4 Å². The van der Waals surface area contributed by atoms with Gasteiger partial charge >= 0.3 is 11.9 Å². The van der Waals surface area contributed by atoms with Crippen molar-refractivity contribution in [3.05, 3.63) is 88.6 Å². The fraction of sp³-hybridized carbons (Fsp3) is 0.0769. The highest BCUT2D eigenvalue weighted by Gasteiger charge is 2.19. The van der Waals surface area contributed by atoms with E-state index in [-0.39, 0.29) is 33.7 Å². The largest absolute Gasteiger partial charge is 0.493 e. The first kappa shape index (κ1) is 24.5. The Balaban J connectivity index is 1.51. The summed E-state index contributed by atoms with van der Waals surface area (Å²) in [5.41, 5.74) is 4.30. The maximum absolute atomic E-state index is 12.8. The van der Waals surface area contributed by atoms with Gasteiger partial charge in [-0.25, -0.2) is 10.2 Å². The van der Waals surface area contributed by atoms with E-state index < -0.39 is 11.9 Å². The number of carbonyl (C=O) groups is 3. The second-order valence-electron chi connectivity index (χ2n) is 7.48. The first-order valence-electron chi connectivity index (χ1n) is 10.6. The molecule has 0 saturated heterocycles. The van der Waals surface area contributed by atoms with E-state index >= 15 is 0 Å². The molecule has 0 bridgehead atoms. The summed E-state index contributed by atoms with van der Waals surface area (Å²) in [6.07, 6.45) is 3.01. The number of hydrogen-bond donors (Lipinski definition) is 2. The molecule has 0 unspecified atom stereocenters. The van der Waals surface area contributed by atoms with Crippen molar-refractivity contribution < 1.29 is 28.6 Å². The van der Waals surface area contributed by atoms with Gasteiger partial charge in [-0.05, 0) is 42.0 Å². The number of H-pyrrole nitrogens is 1. The minimum absolute atomic E-state index is 0.00159. The van der Waals surface area contributed by atoms with Gasteiger partial charge in [0.05, 0.1) is 18.9 Å². The lowest BCUT2D eigenvalue weighted by Gasteiger charge is -2.12. The zero-order valence-corrected chi connectivity index (χ0v) is 20.0. The molecule has 10 heteroatoms. The van der Waals surface area contributed by atoms with Crippen molar-refractivity contribution in [3.8, 4) is 17.2 Å². The molecule has 2 N–H and O–H groups in total. The highest BCUT2D eigenvalue weighted by Crippen LogP contribution is 2.30. The summed E-state index contributed by atoms with van der Waals surface area (Å²) in [4.78, 5) is 39.8. The minimum atomic E-state index is -0.789. The molecule has 0 spiro atoms. The molecule has 3 aromatic carbocycles. The van der Waals surface area contributed by atoms with Gasteiger partial charge in [0.2, 0.25) is 0 Å². The van der Waals surface area contributed by atoms with Crippen LogP contribution in [0.1, 0.15) is 33.2 Å². The van der Waals surface area contributed by atoms with Crippen LogP contribution >= 0.6 is 11.6 Å². The van der Waals surface area contributed by atoms with Crippen LogP contribution in [0.5, 0.6) is 17.2 Å². The van der Waals surface area contributed by atoms with Crippen LogP contribution < -0.4 is 19.6 Å². The molecule has 9 nitrogen and oxygen atoms in total. The number of fused-ring (bicyclic) bond motifs is 1. The number of rotatable bonds is 7. The zero-order valence-electron chi connectivity index (χ0n) is 19.2. The SMILES string of the molecule is COc1ccc(/C=N/NC(=O)c2c[nH]c3ccccc23)cc1OC(=O)c1ccc(Cl)cc1OC(C)=O. The standard InChI is InChI=1S/C26H20ClN3O6/c1-15(31)35-23-12-17(27)8-9-19(23)26(33)36-24-11-16(7-10-22(24)34-2)13-29-30-25(32)20-14-28-21-6-4-3-5-18(20)21/h3-14,28H,1-2H3,(H,30,32)/b29-13+. The van der Waals surface area contributed by atoms with E-state index in [0.717, 1.165) is 10.9 Å². The first-order valence-corrected chi connectivity index (χ1v) is 11.0. The lowest BCUT2D eigenvalue weighted by atomic mass is 10.2. The lowest BCUT2D eigenvalue weighted by Crippen LogP contribution is -2.17. The Labute approximate surface area is 210 Å². The van der Waals surface area contributed by atoms with E-state index in [0.29, 0.717) is 11.1 Å². The number of nitrogens with one attached hydrogen (secondary N) is 2. The summed E-state index contributed by atoms with van der Waals surface area (Å²) in [6, 6.07) is 16.4. The van der Waals surface area contributed by atoms with Crippen molar-refractivity contribution in [2.45, 2.75) is 6.92 Å². The summed E-state index contributed by atoms with van der Waals surface area (Å²) < 4.78 is 15.9. The number of benzene rings is 3. The molecule has 0 aliphatic heterocycles. The molecule has 0 fully saturated rings. The van der Waals surface area contributed by atoms with Gasteiger partial charge < -0.3 is 19.2 Å². The zero-order chi connectivity index (χ0) is 25.7. The normalized spacial score (nSPS) is 10.9. The van der Waals surface area contributed by atoms with Crippen LogP contribution in [0.2, 0.25) is 5.02 Å². The van der Waals surface area contributed by atoms with Gasteiger partial charge in [0, 0.05) is 35.1 Å². The molecule has 1 aromatic heterocycles. The topological polar surface area (TPSA) is 119 Å². The van der Waals surface area contributed by atoms with Crippen LogP contribution in [-0.2, 0) is 4.79 Å². The Morgan fingerprint density at radius 1 is 0.944 bits per heavy atom. The highest BCUT2D eigenvalue weighted by atomic mass is 35.5. The number of halogens is 1. The summed E-state index contributed by atoms with van der Waals surface area (Å²) in [5, 5.41) is 5.07. The van der Waals surface area contributed by atoms with Crippen molar-refractivity contribution in [1.29, 1.82) is 0 Å². The van der Waals surface area contributed by atoms with Crippen LogP contribution in [0.4, 0.5) is 0 Å². The third kappa shape index (κ3) is 5.53. The quantitative estimate of drug-likeness (QED) is 0.162. The van der Waals surface area contributed by atoms with Gasteiger partial charge in [-0.2, -0.15) is 5.10 Å². The molecule has 182 valence electrons.